The lowest BCUT2D eigenvalue weighted by Crippen LogP contribution is -2.47. The second kappa shape index (κ2) is 11.0. The Labute approximate surface area is 256 Å². The molecule has 2 amide bonds. The highest BCUT2D eigenvalue weighted by Gasteiger charge is 2.57. The minimum atomic E-state index is -0.709. The average molecular weight is 593 g/mol. The zero-order valence-electron chi connectivity index (χ0n) is 25.0. The summed E-state index contributed by atoms with van der Waals surface area (Å²) in [4.78, 5) is 59.1. The standard InChI is InChI=1S/C36H36N2O6/c1-20-16-30(40)33-28(34(20)41)18-26-24(31(33)27-17-23(44-2)8-11-29(27)39)9-10-25-32(26)36(43)38(35(25)42)22-12-14-37(15-13-22)19-21-6-4-3-5-7-21/h3-9,11,16-17,22,25-26,31-32,39H,10,12-15,18-19H2,1-2H3/t25-,26+,31+,32-/m0/s1. The van der Waals surface area contributed by atoms with Gasteiger partial charge in [-0.2, -0.15) is 0 Å². The van der Waals surface area contributed by atoms with Crippen LogP contribution >= 0.6 is 0 Å². The van der Waals surface area contributed by atoms with E-state index < -0.39 is 23.7 Å². The Balaban J connectivity index is 1.20. The number of amides is 2. The molecule has 2 heterocycles. The van der Waals surface area contributed by atoms with E-state index in [-0.39, 0.29) is 41.6 Å². The number of likely N-dealkylation sites (tertiary alicyclic amines) is 2. The van der Waals surface area contributed by atoms with E-state index in [4.69, 9.17) is 4.74 Å². The molecule has 3 aliphatic carbocycles. The normalized spacial score (nSPS) is 27.5. The molecule has 0 bridgehead atoms. The van der Waals surface area contributed by atoms with Crippen LogP contribution in [0.25, 0.3) is 0 Å². The van der Waals surface area contributed by atoms with Gasteiger partial charge in [-0.3, -0.25) is 29.0 Å². The van der Waals surface area contributed by atoms with Crippen LogP contribution in [0, 0.1) is 17.8 Å². The third kappa shape index (κ3) is 4.54. The maximum atomic E-state index is 14.3. The van der Waals surface area contributed by atoms with Gasteiger partial charge in [-0.25, -0.2) is 0 Å². The number of carbonyl (C=O) groups excluding carboxylic acids is 4. The molecule has 2 aromatic rings. The summed E-state index contributed by atoms with van der Waals surface area (Å²) in [5.74, 6) is -2.52. The smallest absolute Gasteiger partial charge is 0.233 e. The summed E-state index contributed by atoms with van der Waals surface area (Å²) in [5, 5.41) is 11.0. The van der Waals surface area contributed by atoms with Gasteiger partial charge in [0.2, 0.25) is 11.8 Å². The Morgan fingerprint density at radius 2 is 1.70 bits per heavy atom. The highest BCUT2D eigenvalue weighted by Crippen LogP contribution is 2.56. The number of Topliss-reactive ketones (excluding diaryl/α,β-unsaturated/α-hetero) is 1. The van der Waals surface area contributed by atoms with Gasteiger partial charge in [0, 0.05) is 53.9 Å². The number of methoxy groups -OCH3 is 1. The van der Waals surface area contributed by atoms with E-state index in [1.165, 1.54) is 29.7 Å². The molecular weight excluding hydrogens is 556 g/mol. The van der Waals surface area contributed by atoms with Gasteiger partial charge in [0.15, 0.2) is 11.6 Å². The zero-order chi connectivity index (χ0) is 30.7. The van der Waals surface area contributed by atoms with Crippen molar-refractivity contribution < 1.29 is 29.0 Å². The van der Waals surface area contributed by atoms with Crippen LogP contribution in [0.1, 0.15) is 49.7 Å². The Morgan fingerprint density at radius 3 is 2.43 bits per heavy atom. The van der Waals surface area contributed by atoms with E-state index in [9.17, 15) is 24.3 Å². The number of allylic oxidation sites excluding steroid dienone is 6. The fraction of sp³-hybridized carbons (Fsp3) is 0.389. The van der Waals surface area contributed by atoms with Crippen LogP contribution in [-0.4, -0.2) is 64.5 Å². The molecule has 2 fully saturated rings. The molecule has 7 rings (SSSR count). The number of benzene rings is 2. The zero-order valence-corrected chi connectivity index (χ0v) is 25.0. The number of phenols is 1. The Hall–Kier alpha value is -4.30. The molecule has 2 aliphatic heterocycles. The van der Waals surface area contributed by atoms with Crippen molar-refractivity contribution in [1.29, 1.82) is 0 Å². The number of hydrogen-bond donors (Lipinski definition) is 1. The monoisotopic (exact) mass is 592 g/mol. The summed E-state index contributed by atoms with van der Waals surface area (Å²) < 4.78 is 5.44. The topological polar surface area (TPSA) is 104 Å². The fourth-order valence-corrected chi connectivity index (χ4v) is 8.19. The van der Waals surface area contributed by atoms with Crippen molar-refractivity contribution in [2.24, 2.45) is 17.8 Å². The highest BCUT2D eigenvalue weighted by molar-refractivity contribution is 6.23. The van der Waals surface area contributed by atoms with Crippen LogP contribution in [0.4, 0.5) is 0 Å². The van der Waals surface area contributed by atoms with E-state index in [0.717, 1.165) is 38.0 Å². The quantitative estimate of drug-likeness (QED) is 0.310. The van der Waals surface area contributed by atoms with Crippen LogP contribution in [0.15, 0.2) is 83.0 Å². The van der Waals surface area contributed by atoms with Crippen LogP contribution in [0.5, 0.6) is 11.5 Å². The van der Waals surface area contributed by atoms with Crippen molar-refractivity contribution in [3.05, 3.63) is 94.1 Å². The number of fused-ring (bicyclic) bond motifs is 3. The van der Waals surface area contributed by atoms with E-state index in [1.54, 1.807) is 19.1 Å². The molecule has 4 atom stereocenters. The Morgan fingerprint density at radius 1 is 0.955 bits per heavy atom. The van der Waals surface area contributed by atoms with Gasteiger partial charge in [0.1, 0.15) is 11.5 Å². The lowest BCUT2D eigenvalue weighted by Gasteiger charge is -2.42. The first-order valence-corrected chi connectivity index (χ1v) is 15.5. The number of phenolic OH excluding ortho intramolecular Hbond substituents is 1. The molecule has 0 aromatic heterocycles. The summed E-state index contributed by atoms with van der Waals surface area (Å²) in [6.45, 7) is 4.07. The molecule has 2 saturated heterocycles. The Kier molecular flexibility index (Phi) is 7.12. The first-order valence-electron chi connectivity index (χ1n) is 15.5. The first kappa shape index (κ1) is 28.5. The minimum absolute atomic E-state index is 0.0180. The number of nitrogens with zero attached hydrogens (tertiary/aromatic N) is 2. The maximum Gasteiger partial charge on any atom is 0.233 e. The van der Waals surface area contributed by atoms with Gasteiger partial charge in [0.25, 0.3) is 0 Å². The second-order valence-electron chi connectivity index (χ2n) is 12.7. The largest absolute Gasteiger partial charge is 0.508 e. The number of rotatable bonds is 5. The van der Waals surface area contributed by atoms with Crippen molar-refractivity contribution in [1.82, 2.24) is 9.80 Å². The molecule has 0 unspecified atom stereocenters. The highest BCUT2D eigenvalue weighted by atomic mass is 16.5. The Bertz CT molecular complexity index is 1660. The fourth-order valence-electron chi connectivity index (χ4n) is 8.19. The number of imide groups is 1. The predicted octanol–water partition coefficient (Wildman–Crippen LogP) is 4.49. The third-order valence-corrected chi connectivity index (χ3v) is 10.3. The SMILES string of the molecule is COc1ccc(O)c([C@H]2C3=CC[C@@H]4C(=O)N(C5CCN(Cc6ccccc6)CC5)C(=O)[C@@H]4[C@@H]3CC3=C2C(=O)C=C(C)C3=O)c1. The van der Waals surface area contributed by atoms with E-state index in [1.807, 2.05) is 24.3 Å². The van der Waals surface area contributed by atoms with Crippen LogP contribution < -0.4 is 4.74 Å². The van der Waals surface area contributed by atoms with Crippen LogP contribution in [0.2, 0.25) is 0 Å². The predicted molar refractivity (Wildman–Crippen MR) is 163 cm³/mol. The van der Waals surface area contributed by atoms with Crippen molar-refractivity contribution in [3.8, 4) is 11.5 Å². The lowest BCUT2D eigenvalue weighted by molar-refractivity contribution is -0.144. The molecule has 8 heteroatoms. The van der Waals surface area contributed by atoms with Gasteiger partial charge in [-0.05, 0) is 68.4 Å². The van der Waals surface area contributed by atoms with Crippen molar-refractivity contribution in [2.75, 3.05) is 20.2 Å². The summed E-state index contributed by atoms with van der Waals surface area (Å²) in [6, 6.07) is 15.0. The van der Waals surface area contributed by atoms with Gasteiger partial charge < -0.3 is 9.84 Å². The summed E-state index contributed by atoms with van der Waals surface area (Å²) in [6.07, 6.45) is 5.41. The number of piperidine rings is 1. The van der Waals surface area contributed by atoms with E-state index in [2.05, 4.69) is 17.0 Å². The average Bonchev–Trinajstić information content (AvgIpc) is 3.29. The molecule has 8 nitrogen and oxygen atoms in total. The molecule has 0 spiro atoms. The van der Waals surface area contributed by atoms with Gasteiger partial charge in [-0.1, -0.05) is 42.0 Å². The van der Waals surface area contributed by atoms with Crippen LogP contribution in [-0.2, 0) is 25.7 Å². The first-order chi connectivity index (χ1) is 21.3. The number of hydrogen-bond acceptors (Lipinski definition) is 7. The molecule has 1 N–H and O–H groups in total. The summed E-state index contributed by atoms with van der Waals surface area (Å²) >= 11 is 0. The third-order valence-electron chi connectivity index (χ3n) is 10.3. The van der Waals surface area contributed by atoms with Crippen molar-refractivity contribution in [3.63, 3.8) is 0 Å². The molecule has 0 saturated carbocycles. The van der Waals surface area contributed by atoms with Crippen LogP contribution in [0.3, 0.4) is 0 Å². The van der Waals surface area contributed by atoms with E-state index in [0.29, 0.717) is 34.5 Å². The minimum Gasteiger partial charge on any atom is -0.508 e. The number of aromatic hydroxyl groups is 1. The van der Waals surface area contributed by atoms with Gasteiger partial charge in [0.05, 0.1) is 18.9 Å². The molecule has 2 aromatic carbocycles. The molecule has 44 heavy (non-hydrogen) atoms. The maximum absolute atomic E-state index is 14.3. The second-order valence-corrected chi connectivity index (χ2v) is 12.7. The number of ether oxygens (including phenoxy) is 1. The summed E-state index contributed by atoms with van der Waals surface area (Å²) in [7, 11) is 1.53. The van der Waals surface area contributed by atoms with Gasteiger partial charge >= 0.3 is 0 Å². The summed E-state index contributed by atoms with van der Waals surface area (Å²) in [5.41, 5.74) is 3.62. The molecule has 0 radical (unpaired) electrons. The van der Waals surface area contributed by atoms with Gasteiger partial charge in [-0.15, -0.1) is 0 Å². The number of ketones is 2. The molecule has 226 valence electrons. The van der Waals surface area contributed by atoms with E-state index >= 15 is 0 Å². The molecular formula is C36H36N2O6. The number of carbonyl (C=O) groups is 4. The lowest BCUT2D eigenvalue weighted by atomic mass is 9.59. The van der Waals surface area contributed by atoms with Crippen molar-refractivity contribution in [2.45, 2.75) is 51.1 Å². The molecule has 5 aliphatic rings. The van der Waals surface area contributed by atoms with Crippen molar-refractivity contribution >= 4 is 23.4 Å².